The van der Waals surface area contributed by atoms with Gasteiger partial charge in [0.25, 0.3) is 0 Å². The third-order valence-electron chi connectivity index (χ3n) is 3.17. The standard InChI is InChI=1S/C14H16FNO4/c15-9-4-5-12(11(7-9)14(18)19)16-13(17)8-10-3-1-2-6-20-10/h4-5,7,10H,1-3,6,8H2,(H,16,17)(H,18,19). The van der Waals surface area contributed by atoms with Crippen molar-refractivity contribution >= 4 is 17.6 Å². The Balaban J connectivity index is 2.01. The largest absolute Gasteiger partial charge is 0.478 e. The lowest BCUT2D eigenvalue weighted by Crippen LogP contribution is -2.26. The summed E-state index contributed by atoms with van der Waals surface area (Å²) >= 11 is 0. The van der Waals surface area contributed by atoms with Crippen LogP contribution in [0.2, 0.25) is 0 Å². The molecule has 1 aliphatic rings. The van der Waals surface area contributed by atoms with E-state index in [4.69, 9.17) is 9.84 Å². The van der Waals surface area contributed by atoms with Gasteiger partial charge in [-0.15, -0.1) is 0 Å². The summed E-state index contributed by atoms with van der Waals surface area (Å²) in [6, 6.07) is 3.24. The van der Waals surface area contributed by atoms with Crippen molar-refractivity contribution in [2.75, 3.05) is 11.9 Å². The molecule has 1 amide bonds. The molecule has 2 rings (SSSR count). The molecule has 1 fully saturated rings. The average Bonchev–Trinajstić information content (AvgIpc) is 2.41. The van der Waals surface area contributed by atoms with Crippen LogP contribution in [0.4, 0.5) is 10.1 Å². The Kier molecular flexibility index (Phi) is 4.68. The van der Waals surface area contributed by atoms with E-state index in [1.165, 1.54) is 6.07 Å². The second kappa shape index (κ2) is 6.47. The van der Waals surface area contributed by atoms with Crippen molar-refractivity contribution in [1.82, 2.24) is 0 Å². The number of hydrogen-bond acceptors (Lipinski definition) is 3. The lowest BCUT2D eigenvalue weighted by Gasteiger charge is -2.22. The van der Waals surface area contributed by atoms with Gasteiger partial charge in [-0.2, -0.15) is 0 Å². The average molecular weight is 281 g/mol. The predicted molar refractivity (Wildman–Crippen MR) is 70.2 cm³/mol. The van der Waals surface area contributed by atoms with Crippen molar-refractivity contribution in [3.63, 3.8) is 0 Å². The number of ether oxygens (including phenoxy) is 1. The van der Waals surface area contributed by atoms with Gasteiger partial charge in [0.1, 0.15) is 5.82 Å². The molecule has 2 N–H and O–H groups in total. The quantitative estimate of drug-likeness (QED) is 0.888. The molecular formula is C14H16FNO4. The Morgan fingerprint density at radius 1 is 1.40 bits per heavy atom. The van der Waals surface area contributed by atoms with Gasteiger partial charge in [-0.3, -0.25) is 4.79 Å². The molecule has 1 heterocycles. The molecule has 0 bridgehead atoms. The Labute approximate surface area is 115 Å². The van der Waals surface area contributed by atoms with E-state index in [9.17, 15) is 14.0 Å². The Bertz CT molecular complexity index is 512. The second-order valence-corrected chi connectivity index (χ2v) is 4.74. The molecule has 6 heteroatoms. The molecular weight excluding hydrogens is 265 g/mol. The van der Waals surface area contributed by atoms with E-state index in [-0.39, 0.29) is 29.7 Å². The molecule has 1 atom stereocenters. The zero-order valence-corrected chi connectivity index (χ0v) is 10.9. The summed E-state index contributed by atoms with van der Waals surface area (Å²) in [6.45, 7) is 0.648. The summed E-state index contributed by atoms with van der Waals surface area (Å²) < 4.78 is 18.5. The minimum Gasteiger partial charge on any atom is -0.478 e. The molecule has 1 aromatic rings. The zero-order valence-electron chi connectivity index (χ0n) is 10.9. The maximum absolute atomic E-state index is 13.0. The highest BCUT2D eigenvalue weighted by molar-refractivity contribution is 6.00. The lowest BCUT2D eigenvalue weighted by molar-refractivity contribution is -0.119. The highest BCUT2D eigenvalue weighted by Crippen LogP contribution is 2.20. The maximum atomic E-state index is 13.0. The number of anilines is 1. The smallest absolute Gasteiger partial charge is 0.337 e. The van der Waals surface area contributed by atoms with Gasteiger partial charge in [0.15, 0.2) is 0 Å². The van der Waals surface area contributed by atoms with Crippen LogP contribution in [0, 0.1) is 5.82 Å². The summed E-state index contributed by atoms with van der Waals surface area (Å²) in [6.07, 6.45) is 2.89. The first-order valence-electron chi connectivity index (χ1n) is 6.50. The molecule has 20 heavy (non-hydrogen) atoms. The van der Waals surface area contributed by atoms with Gasteiger partial charge in [-0.25, -0.2) is 9.18 Å². The summed E-state index contributed by atoms with van der Waals surface area (Å²) in [7, 11) is 0. The number of amides is 1. The molecule has 0 spiro atoms. The maximum Gasteiger partial charge on any atom is 0.337 e. The molecule has 0 aromatic heterocycles. The molecule has 0 aliphatic carbocycles. The molecule has 1 unspecified atom stereocenters. The topological polar surface area (TPSA) is 75.6 Å². The SMILES string of the molecule is O=C(CC1CCCCO1)Nc1ccc(F)cc1C(=O)O. The molecule has 1 aliphatic heterocycles. The number of rotatable bonds is 4. The summed E-state index contributed by atoms with van der Waals surface area (Å²) in [5, 5.41) is 11.5. The monoisotopic (exact) mass is 281 g/mol. The van der Waals surface area contributed by atoms with Crippen LogP contribution in [0.25, 0.3) is 0 Å². The van der Waals surface area contributed by atoms with Crippen LogP contribution in [-0.2, 0) is 9.53 Å². The minimum absolute atomic E-state index is 0.0970. The third-order valence-corrected chi connectivity index (χ3v) is 3.17. The predicted octanol–water partition coefficient (Wildman–Crippen LogP) is 2.42. The number of hydrogen-bond donors (Lipinski definition) is 2. The number of carbonyl (C=O) groups is 2. The van der Waals surface area contributed by atoms with E-state index in [2.05, 4.69) is 5.32 Å². The van der Waals surface area contributed by atoms with Gasteiger partial charge in [0, 0.05) is 6.61 Å². The van der Waals surface area contributed by atoms with Gasteiger partial charge >= 0.3 is 5.97 Å². The fourth-order valence-corrected chi connectivity index (χ4v) is 2.18. The first kappa shape index (κ1) is 14.5. The molecule has 5 nitrogen and oxygen atoms in total. The Hall–Kier alpha value is -1.95. The normalized spacial score (nSPS) is 18.6. The molecule has 0 radical (unpaired) electrons. The van der Waals surface area contributed by atoms with E-state index in [0.29, 0.717) is 6.61 Å². The van der Waals surface area contributed by atoms with E-state index >= 15 is 0 Å². The fourth-order valence-electron chi connectivity index (χ4n) is 2.18. The number of carboxylic acid groups (broad SMARTS) is 1. The highest BCUT2D eigenvalue weighted by atomic mass is 19.1. The van der Waals surface area contributed by atoms with Gasteiger partial charge in [-0.05, 0) is 37.5 Å². The van der Waals surface area contributed by atoms with Crippen molar-refractivity contribution in [3.05, 3.63) is 29.6 Å². The van der Waals surface area contributed by atoms with Gasteiger partial charge in [0.05, 0.1) is 23.8 Å². The van der Waals surface area contributed by atoms with E-state index < -0.39 is 11.8 Å². The lowest BCUT2D eigenvalue weighted by atomic mass is 10.1. The van der Waals surface area contributed by atoms with Gasteiger partial charge < -0.3 is 15.2 Å². The fraction of sp³-hybridized carbons (Fsp3) is 0.429. The zero-order chi connectivity index (χ0) is 14.5. The first-order valence-corrected chi connectivity index (χ1v) is 6.50. The van der Waals surface area contributed by atoms with Gasteiger partial charge in [0.2, 0.25) is 5.91 Å². The number of benzene rings is 1. The minimum atomic E-state index is -1.28. The van der Waals surface area contributed by atoms with Crippen LogP contribution in [-0.4, -0.2) is 29.7 Å². The second-order valence-electron chi connectivity index (χ2n) is 4.74. The third kappa shape index (κ3) is 3.77. The van der Waals surface area contributed by atoms with Crippen LogP contribution >= 0.6 is 0 Å². The number of aromatic carboxylic acids is 1. The highest BCUT2D eigenvalue weighted by Gasteiger charge is 2.19. The van der Waals surface area contributed by atoms with Crippen molar-refractivity contribution in [3.8, 4) is 0 Å². The summed E-state index contributed by atoms with van der Waals surface area (Å²) in [4.78, 5) is 22.9. The van der Waals surface area contributed by atoms with Crippen molar-refractivity contribution in [1.29, 1.82) is 0 Å². The number of carboxylic acids is 1. The number of halogens is 1. The van der Waals surface area contributed by atoms with E-state index in [0.717, 1.165) is 31.4 Å². The van der Waals surface area contributed by atoms with Crippen LogP contribution in [0.1, 0.15) is 36.0 Å². The van der Waals surface area contributed by atoms with Crippen LogP contribution in [0.3, 0.4) is 0 Å². The van der Waals surface area contributed by atoms with Crippen LogP contribution in [0.15, 0.2) is 18.2 Å². The molecule has 0 saturated carbocycles. The number of nitrogens with one attached hydrogen (secondary N) is 1. The van der Waals surface area contributed by atoms with Crippen LogP contribution in [0.5, 0.6) is 0 Å². The van der Waals surface area contributed by atoms with Gasteiger partial charge in [-0.1, -0.05) is 0 Å². The van der Waals surface area contributed by atoms with Crippen molar-refractivity contribution in [2.45, 2.75) is 31.8 Å². The molecule has 108 valence electrons. The molecule has 1 saturated heterocycles. The Morgan fingerprint density at radius 3 is 2.85 bits per heavy atom. The van der Waals surface area contributed by atoms with Crippen molar-refractivity contribution in [2.24, 2.45) is 0 Å². The molecule has 1 aromatic carbocycles. The van der Waals surface area contributed by atoms with E-state index in [1.807, 2.05) is 0 Å². The summed E-state index contributed by atoms with van der Waals surface area (Å²) in [5.74, 6) is -2.27. The van der Waals surface area contributed by atoms with Crippen molar-refractivity contribution < 1.29 is 23.8 Å². The first-order chi connectivity index (χ1) is 9.56. The van der Waals surface area contributed by atoms with Crippen LogP contribution < -0.4 is 5.32 Å². The summed E-state index contributed by atoms with van der Waals surface area (Å²) in [5.41, 5.74) is -0.164. The Morgan fingerprint density at radius 2 is 2.20 bits per heavy atom. The van der Waals surface area contributed by atoms with E-state index in [1.54, 1.807) is 0 Å². The number of carbonyl (C=O) groups excluding carboxylic acids is 1.